The Labute approximate surface area is 855 Å². The summed E-state index contributed by atoms with van der Waals surface area (Å²) in [6.45, 7) is 0. The van der Waals surface area contributed by atoms with E-state index in [9.17, 15) is 0 Å². The predicted molar refractivity (Wildman–Crippen MR) is 608 cm³/mol. The van der Waals surface area contributed by atoms with Gasteiger partial charge in [-0.25, -0.2) is 59.8 Å². The SMILES string of the molecule is c1ccc(-c2ccc(-c3nc(-c4ccccc4)nc(-c4ccc(-c5ccc6c7ccccc7c7ccccc7c6c5)cc4)n3)cc2)cc1.c1ccc(-c2ccc3cc(-c4nc(-c5ccccc5)nc(-c5ccc(-c6ccc7c8ccccc8c8ccccc8c7c6)cc5)n4)ccc3c2)cc1.c1ccc(-c2nc(-c3ccccc3)nc(-c3cccc(-c4cccc(-c5nc(-c6ccccc6)nc(-c6ccccc6)n5)c4)c3)n2)cc1. The average molecular weight is 1890 g/mol. The number of fused-ring (bicyclic) bond motifs is 13. The molecule has 4 aromatic heterocycles. The van der Waals surface area contributed by atoms with Crippen molar-refractivity contribution in [2.75, 3.05) is 0 Å². The Morgan fingerprint density at radius 1 is 0.0743 bits per heavy atom. The Kier molecular flexibility index (Phi) is 24.2. The third-order valence-electron chi connectivity index (χ3n) is 27.2. The van der Waals surface area contributed by atoms with Gasteiger partial charge in [0.05, 0.1) is 0 Å². The molecule has 0 saturated heterocycles. The molecule has 0 saturated carbocycles. The topological polar surface area (TPSA) is 155 Å². The normalized spacial score (nSPS) is 11.2. The molecule has 692 valence electrons. The van der Waals surface area contributed by atoms with Crippen LogP contribution in [0.1, 0.15) is 0 Å². The molecule has 0 bridgehead atoms. The van der Waals surface area contributed by atoms with Gasteiger partial charge in [0.25, 0.3) is 0 Å². The van der Waals surface area contributed by atoms with Crippen LogP contribution in [0.2, 0.25) is 0 Å². The van der Waals surface area contributed by atoms with Crippen LogP contribution in [0.4, 0.5) is 0 Å². The minimum absolute atomic E-state index is 0.609. The molecular weight excluding hydrogens is 1800 g/mol. The highest BCUT2D eigenvalue weighted by atomic mass is 15.1. The molecule has 0 N–H and O–H groups in total. The fraction of sp³-hybridized carbons (Fsp3) is 0. The van der Waals surface area contributed by atoms with Gasteiger partial charge in [-0.2, -0.15) is 0 Å². The summed E-state index contributed by atoms with van der Waals surface area (Å²) in [5, 5.41) is 17.6. The van der Waals surface area contributed by atoms with Crippen LogP contribution in [0.5, 0.6) is 0 Å². The highest BCUT2D eigenvalue weighted by Crippen LogP contribution is 2.43. The van der Waals surface area contributed by atoms with Gasteiger partial charge in [-0.1, -0.05) is 497 Å². The summed E-state index contributed by atoms with van der Waals surface area (Å²) in [7, 11) is 0. The molecule has 0 aliphatic carbocycles. The van der Waals surface area contributed by atoms with Crippen molar-refractivity contribution in [2.45, 2.75) is 0 Å². The minimum atomic E-state index is 0.609. The Morgan fingerprint density at radius 2 is 0.209 bits per heavy atom. The molecule has 0 radical (unpaired) electrons. The molecule has 0 unspecified atom stereocenters. The van der Waals surface area contributed by atoms with Crippen LogP contribution in [0.25, 0.3) is 268 Å². The monoisotopic (exact) mass is 1890 g/mol. The second-order valence-electron chi connectivity index (χ2n) is 36.5. The van der Waals surface area contributed by atoms with Gasteiger partial charge in [-0.3, -0.25) is 0 Å². The zero-order chi connectivity index (χ0) is 98.4. The Hall–Kier alpha value is -20.1. The molecular formula is C136H88N12. The molecule has 4 heterocycles. The lowest BCUT2D eigenvalue weighted by Gasteiger charge is -2.12. The lowest BCUT2D eigenvalue weighted by atomic mass is 9.92. The van der Waals surface area contributed by atoms with Crippen molar-refractivity contribution >= 4 is 75.4 Å². The Morgan fingerprint density at radius 3 is 0.473 bits per heavy atom. The van der Waals surface area contributed by atoms with E-state index in [-0.39, 0.29) is 0 Å². The lowest BCUT2D eigenvalue weighted by Crippen LogP contribution is -2.00. The molecule has 0 aliphatic heterocycles. The maximum Gasteiger partial charge on any atom is 0.164 e. The first kappa shape index (κ1) is 89.3. The van der Waals surface area contributed by atoms with Crippen LogP contribution in [0.15, 0.2) is 534 Å². The van der Waals surface area contributed by atoms with Crippen LogP contribution < -0.4 is 0 Å². The van der Waals surface area contributed by atoms with Gasteiger partial charge >= 0.3 is 0 Å². The molecule has 27 aromatic rings. The number of hydrogen-bond acceptors (Lipinski definition) is 12. The van der Waals surface area contributed by atoms with Crippen molar-refractivity contribution < 1.29 is 0 Å². The molecule has 0 atom stereocenters. The van der Waals surface area contributed by atoms with Crippen LogP contribution in [-0.2, 0) is 0 Å². The first-order valence-electron chi connectivity index (χ1n) is 49.5. The molecule has 0 aliphatic rings. The van der Waals surface area contributed by atoms with Crippen molar-refractivity contribution in [3.05, 3.63) is 534 Å². The van der Waals surface area contributed by atoms with E-state index in [2.05, 4.69) is 315 Å². The van der Waals surface area contributed by atoms with Gasteiger partial charge in [-0.05, 0) is 167 Å². The smallest absolute Gasteiger partial charge is 0.164 e. The zero-order valence-electron chi connectivity index (χ0n) is 80.2. The third kappa shape index (κ3) is 18.5. The number of rotatable bonds is 17. The second-order valence-corrected chi connectivity index (χ2v) is 36.5. The zero-order valence-corrected chi connectivity index (χ0v) is 80.2. The van der Waals surface area contributed by atoms with E-state index in [0.29, 0.717) is 69.9 Å². The van der Waals surface area contributed by atoms with Gasteiger partial charge in [0.15, 0.2) is 69.9 Å². The van der Waals surface area contributed by atoms with Crippen LogP contribution >= 0.6 is 0 Å². The highest BCUT2D eigenvalue weighted by Gasteiger charge is 2.22. The largest absolute Gasteiger partial charge is 0.208 e. The highest BCUT2D eigenvalue weighted by molar-refractivity contribution is 6.27. The first-order valence-corrected chi connectivity index (χ1v) is 49.5. The molecule has 23 aromatic carbocycles. The third-order valence-corrected chi connectivity index (χ3v) is 27.2. The Bertz CT molecular complexity index is 9240. The standard InChI is InChI=1S/C49H31N3.C45H29N3.C42H28N6/c1-3-11-32(12-4-1)36-23-24-38-30-40(26-25-37(38)29-36)49-51-47(34-13-5-2-6-14-34)50-48(52-49)35-21-19-33(20-22-35)39-27-28-45-43-17-8-7-15-41(43)42-16-9-10-18-44(42)46(45)31-39;1-3-11-30(12-4-1)31-19-23-34(24-20-31)44-46-43(33-13-5-2-6-14-33)47-45(48-44)35-25-21-32(22-26-35)36-27-28-41-39-17-8-7-15-37(39)38-16-9-10-18-40(38)42(41)29-36;1-5-15-29(16-6-1)37-43-38(30-17-7-2-8-18-30)46-41(45-37)35-25-13-23-33(27-35)34-24-14-26-36(28-34)42-47-39(31-19-9-3-10-20-31)44-40(48-42)32-21-11-4-12-22-32/h1-31H;1-29H;1-28H. The van der Waals surface area contributed by atoms with Gasteiger partial charge in [0.2, 0.25) is 0 Å². The number of hydrogen-bond donors (Lipinski definition) is 0. The summed E-state index contributed by atoms with van der Waals surface area (Å²) in [6.07, 6.45) is 0. The summed E-state index contributed by atoms with van der Waals surface area (Å²) in [5.41, 5.74) is 22.6. The summed E-state index contributed by atoms with van der Waals surface area (Å²) in [4.78, 5) is 59.3. The molecule has 0 amide bonds. The van der Waals surface area contributed by atoms with E-state index < -0.39 is 0 Å². The number of benzene rings is 23. The average Bonchev–Trinajstić information content (AvgIpc) is 0.742. The molecule has 12 heteroatoms. The van der Waals surface area contributed by atoms with Gasteiger partial charge in [0, 0.05) is 66.8 Å². The fourth-order valence-electron chi connectivity index (χ4n) is 19.7. The molecule has 27 rings (SSSR count). The van der Waals surface area contributed by atoms with E-state index in [4.69, 9.17) is 59.8 Å². The van der Waals surface area contributed by atoms with Crippen molar-refractivity contribution in [3.8, 4) is 192 Å². The van der Waals surface area contributed by atoms with Crippen LogP contribution in [0.3, 0.4) is 0 Å². The first-order chi connectivity index (χ1) is 73.3. The summed E-state index contributed by atoms with van der Waals surface area (Å²) < 4.78 is 0. The molecule has 12 nitrogen and oxygen atoms in total. The molecule has 148 heavy (non-hydrogen) atoms. The number of nitrogens with zero attached hydrogens (tertiary/aromatic N) is 12. The Balaban J connectivity index is 0.000000115. The second kappa shape index (κ2) is 40.1. The van der Waals surface area contributed by atoms with E-state index in [1.807, 2.05) is 218 Å². The molecule has 0 fully saturated rings. The molecule has 0 spiro atoms. The maximum absolute atomic E-state index is 5.06. The van der Waals surface area contributed by atoms with Gasteiger partial charge in [0.1, 0.15) is 0 Å². The summed E-state index contributed by atoms with van der Waals surface area (Å²) in [6, 6.07) is 185. The van der Waals surface area contributed by atoms with E-state index in [1.54, 1.807) is 0 Å². The maximum atomic E-state index is 5.06. The summed E-state index contributed by atoms with van der Waals surface area (Å²) >= 11 is 0. The van der Waals surface area contributed by atoms with E-state index in [1.165, 1.54) is 97.8 Å². The van der Waals surface area contributed by atoms with E-state index >= 15 is 0 Å². The van der Waals surface area contributed by atoms with Crippen molar-refractivity contribution in [1.29, 1.82) is 0 Å². The minimum Gasteiger partial charge on any atom is -0.208 e. The van der Waals surface area contributed by atoms with Crippen LogP contribution in [-0.4, -0.2) is 59.8 Å². The lowest BCUT2D eigenvalue weighted by molar-refractivity contribution is 1.07. The van der Waals surface area contributed by atoms with Crippen molar-refractivity contribution in [3.63, 3.8) is 0 Å². The van der Waals surface area contributed by atoms with Gasteiger partial charge in [-0.15, -0.1) is 0 Å². The number of aromatic nitrogens is 12. The van der Waals surface area contributed by atoms with Crippen molar-refractivity contribution in [1.82, 2.24) is 59.8 Å². The van der Waals surface area contributed by atoms with E-state index in [0.717, 1.165) is 100.0 Å². The predicted octanol–water partition coefficient (Wildman–Crippen LogP) is 34.2. The van der Waals surface area contributed by atoms with Gasteiger partial charge < -0.3 is 0 Å². The van der Waals surface area contributed by atoms with Crippen molar-refractivity contribution in [2.24, 2.45) is 0 Å². The fourth-order valence-corrected chi connectivity index (χ4v) is 19.7. The summed E-state index contributed by atoms with van der Waals surface area (Å²) in [5.74, 6) is 7.63. The van der Waals surface area contributed by atoms with Crippen LogP contribution in [0, 0.1) is 0 Å². The quantitative estimate of drug-likeness (QED) is 0.0797.